The molecule has 18 heavy (non-hydrogen) atoms. The third kappa shape index (κ3) is 5.77. The number of aliphatic carboxylic acids is 1. The second-order valence-corrected chi connectivity index (χ2v) is 7.73. The normalized spacial score (nSPS) is 10.2. The van der Waals surface area contributed by atoms with Crippen LogP contribution < -0.4 is 5.32 Å². The molecular formula is C10H8I3NO3S. The van der Waals surface area contributed by atoms with Gasteiger partial charge in [0, 0.05) is 10.7 Å². The Morgan fingerprint density at radius 3 is 2.22 bits per heavy atom. The molecular weight excluding hydrogens is 595 g/mol. The number of nitrogens with one attached hydrogen (secondary N) is 1. The summed E-state index contributed by atoms with van der Waals surface area (Å²) in [5.74, 6) is -1.01. The Hall–Kier alpha value is 0.700. The summed E-state index contributed by atoms with van der Waals surface area (Å²) in [5, 5.41) is 11.3. The molecule has 1 aromatic carbocycles. The number of benzene rings is 1. The topological polar surface area (TPSA) is 66.4 Å². The first-order valence-electron chi connectivity index (χ1n) is 4.64. The van der Waals surface area contributed by atoms with Gasteiger partial charge < -0.3 is 10.4 Å². The minimum absolute atomic E-state index is 0.0612. The van der Waals surface area contributed by atoms with Crippen LogP contribution in [0.15, 0.2) is 12.1 Å². The molecule has 0 spiro atoms. The highest BCUT2D eigenvalue weighted by molar-refractivity contribution is 14.1. The first-order valence-corrected chi connectivity index (χ1v) is 9.03. The first-order chi connectivity index (χ1) is 8.40. The van der Waals surface area contributed by atoms with Crippen molar-refractivity contribution >= 4 is 97.1 Å². The van der Waals surface area contributed by atoms with Gasteiger partial charge in [0.2, 0.25) is 5.91 Å². The monoisotopic (exact) mass is 603 g/mol. The van der Waals surface area contributed by atoms with Crippen LogP contribution in [0.25, 0.3) is 0 Å². The summed E-state index contributed by atoms with van der Waals surface area (Å²) < 4.78 is 3.06. The number of thioether (sulfide) groups is 1. The molecule has 1 rings (SSSR count). The molecule has 0 aliphatic rings. The predicted octanol–water partition coefficient (Wildman–Crippen LogP) is 3.26. The predicted molar refractivity (Wildman–Crippen MR) is 98.2 cm³/mol. The molecule has 0 heterocycles. The van der Waals surface area contributed by atoms with Crippen LogP contribution in [0.1, 0.15) is 0 Å². The van der Waals surface area contributed by atoms with Crippen molar-refractivity contribution in [3.8, 4) is 0 Å². The van der Waals surface area contributed by atoms with Crippen molar-refractivity contribution in [1.82, 2.24) is 0 Å². The molecule has 98 valence electrons. The zero-order chi connectivity index (χ0) is 13.7. The zero-order valence-corrected chi connectivity index (χ0v) is 16.2. The summed E-state index contributed by atoms with van der Waals surface area (Å²) in [7, 11) is 0. The summed E-state index contributed by atoms with van der Waals surface area (Å²) in [6, 6.07) is 3.95. The highest BCUT2D eigenvalue weighted by Crippen LogP contribution is 2.27. The molecule has 0 radical (unpaired) electrons. The van der Waals surface area contributed by atoms with E-state index in [1.54, 1.807) is 0 Å². The van der Waals surface area contributed by atoms with Crippen LogP contribution in [0, 0.1) is 10.7 Å². The van der Waals surface area contributed by atoms with Gasteiger partial charge in [0.25, 0.3) is 0 Å². The minimum atomic E-state index is -0.911. The van der Waals surface area contributed by atoms with Crippen molar-refractivity contribution in [3.63, 3.8) is 0 Å². The molecule has 4 nitrogen and oxygen atoms in total. The van der Waals surface area contributed by atoms with Crippen LogP contribution in [0.3, 0.4) is 0 Å². The largest absolute Gasteiger partial charge is 0.481 e. The van der Waals surface area contributed by atoms with E-state index in [4.69, 9.17) is 5.11 Å². The Balaban J connectivity index is 2.62. The van der Waals surface area contributed by atoms with Crippen LogP contribution in [0.4, 0.5) is 5.69 Å². The molecule has 0 fully saturated rings. The van der Waals surface area contributed by atoms with Crippen molar-refractivity contribution in [2.24, 2.45) is 0 Å². The van der Waals surface area contributed by atoms with E-state index < -0.39 is 5.97 Å². The van der Waals surface area contributed by atoms with Crippen LogP contribution in [0.5, 0.6) is 0 Å². The van der Waals surface area contributed by atoms with Gasteiger partial charge in [0.1, 0.15) is 0 Å². The van der Waals surface area contributed by atoms with Gasteiger partial charge in [-0.2, -0.15) is 0 Å². The number of carboxylic acid groups (broad SMARTS) is 1. The smallest absolute Gasteiger partial charge is 0.313 e. The Morgan fingerprint density at radius 2 is 1.72 bits per heavy atom. The third-order valence-corrected chi connectivity index (χ3v) is 4.97. The number of carboxylic acids is 1. The number of hydrogen-bond acceptors (Lipinski definition) is 3. The van der Waals surface area contributed by atoms with Gasteiger partial charge in [-0.25, -0.2) is 0 Å². The average molecular weight is 603 g/mol. The number of rotatable bonds is 5. The van der Waals surface area contributed by atoms with E-state index in [0.29, 0.717) is 0 Å². The van der Waals surface area contributed by atoms with Gasteiger partial charge in [-0.1, -0.05) is 0 Å². The second kappa shape index (κ2) is 8.09. The summed E-state index contributed by atoms with van der Waals surface area (Å²) in [4.78, 5) is 22.0. The Morgan fingerprint density at radius 1 is 1.17 bits per heavy atom. The SMILES string of the molecule is O=C(O)CSCC(=O)Nc1c(I)cc(I)cc1I. The number of hydrogen-bond donors (Lipinski definition) is 2. The highest BCUT2D eigenvalue weighted by atomic mass is 127. The minimum Gasteiger partial charge on any atom is -0.481 e. The van der Waals surface area contributed by atoms with Crippen molar-refractivity contribution in [2.75, 3.05) is 16.8 Å². The molecule has 0 atom stereocenters. The van der Waals surface area contributed by atoms with E-state index in [2.05, 4.69) is 73.1 Å². The molecule has 1 aromatic rings. The Bertz CT molecular complexity index is 458. The van der Waals surface area contributed by atoms with E-state index in [1.807, 2.05) is 12.1 Å². The Kier molecular flexibility index (Phi) is 7.53. The maximum Gasteiger partial charge on any atom is 0.313 e. The summed E-state index contributed by atoms with van der Waals surface area (Å²) in [6.07, 6.45) is 0. The maximum absolute atomic E-state index is 11.6. The molecule has 0 saturated carbocycles. The fraction of sp³-hybridized carbons (Fsp3) is 0.200. The fourth-order valence-electron chi connectivity index (χ4n) is 1.07. The number of anilines is 1. The van der Waals surface area contributed by atoms with Crippen molar-refractivity contribution < 1.29 is 14.7 Å². The molecule has 0 aliphatic heterocycles. The molecule has 0 saturated heterocycles. The number of halogens is 3. The standard InChI is InChI=1S/C10H8I3NO3S/c11-5-1-6(12)10(7(13)2-5)14-8(15)3-18-4-9(16)17/h1-2H,3-4H2,(H,14,15)(H,16,17). The number of amides is 1. The fourth-order valence-corrected chi connectivity index (χ4v) is 5.45. The van der Waals surface area contributed by atoms with Crippen LogP contribution >= 0.6 is 79.5 Å². The summed E-state index contributed by atoms with van der Waals surface area (Å²) in [6.45, 7) is 0. The van der Waals surface area contributed by atoms with E-state index in [9.17, 15) is 9.59 Å². The third-order valence-electron chi connectivity index (χ3n) is 1.73. The lowest BCUT2D eigenvalue weighted by atomic mass is 10.3. The van der Waals surface area contributed by atoms with Crippen LogP contribution in [-0.2, 0) is 9.59 Å². The maximum atomic E-state index is 11.6. The Labute approximate surface area is 149 Å². The van der Waals surface area contributed by atoms with Gasteiger partial charge in [-0.15, -0.1) is 11.8 Å². The molecule has 0 bridgehead atoms. The first kappa shape index (κ1) is 16.8. The lowest BCUT2D eigenvalue weighted by Gasteiger charge is -2.10. The van der Waals surface area contributed by atoms with Gasteiger partial charge in [-0.05, 0) is 79.9 Å². The van der Waals surface area contributed by atoms with Crippen LogP contribution in [0.2, 0.25) is 0 Å². The molecule has 1 amide bonds. The van der Waals surface area contributed by atoms with Crippen molar-refractivity contribution in [2.45, 2.75) is 0 Å². The zero-order valence-electron chi connectivity index (χ0n) is 8.87. The quantitative estimate of drug-likeness (QED) is 0.508. The second-order valence-electron chi connectivity index (χ2n) is 3.18. The van der Waals surface area contributed by atoms with Crippen LogP contribution in [-0.4, -0.2) is 28.5 Å². The van der Waals surface area contributed by atoms with Crippen molar-refractivity contribution in [1.29, 1.82) is 0 Å². The number of carbonyl (C=O) groups is 2. The average Bonchev–Trinajstić information content (AvgIpc) is 2.22. The molecule has 0 aliphatic carbocycles. The molecule has 0 aromatic heterocycles. The summed E-state index contributed by atoms with van der Waals surface area (Å²) in [5.41, 5.74) is 0.789. The van der Waals surface area contributed by atoms with Gasteiger partial charge >= 0.3 is 5.97 Å². The highest BCUT2D eigenvalue weighted by Gasteiger charge is 2.11. The molecule has 0 unspecified atom stereocenters. The summed E-state index contributed by atoms with van der Waals surface area (Å²) >= 11 is 7.64. The van der Waals surface area contributed by atoms with Crippen molar-refractivity contribution in [3.05, 3.63) is 22.8 Å². The van der Waals surface area contributed by atoms with E-state index in [0.717, 1.165) is 28.2 Å². The lowest BCUT2D eigenvalue weighted by Crippen LogP contribution is -2.17. The van der Waals surface area contributed by atoms with Gasteiger partial charge in [0.05, 0.1) is 17.2 Å². The van der Waals surface area contributed by atoms with E-state index in [-0.39, 0.29) is 17.4 Å². The van der Waals surface area contributed by atoms with E-state index >= 15 is 0 Å². The van der Waals surface area contributed by atoms with E-state index in [1.165, 1.54) is 0 Å². The molecule has 2 N–H and O–H groups in total. The molecule has 8 heteroatoms. The number of carbonyl (C=O) groups excluding carboxylic acids is 1. The van der Waals surface area contributed by atoms with Gasteiger partial charge in [0.15, 0.2) is 0 Å². The van der Waals surface area contributed by atoms with Gasteiger partial charge in [-0.3, -0.25) is 9.59 Å². The lowest BCUT2D eigenvalue weighted by molar-refractivity contribution is -0.133.